The molecule has 0 heterocycles. The Hall–Kier alpha value is -1.40. The molecular formula is C13H20N2O3S. The molecule has 1 aromatic rings. The van der Waals surface area contributed by atoms with Gasteiger partial charge in [0.05, 0.1) is 13.7 Å². The third-order valence-corrected chi connectivity index (χ3v) is 3.31. The van der Waals surface area contributed by atoms with Crippen LogP contribution in [0.2, 0.25) is 0 Å². The summed E-state index contributed by atoms with van der Waals surface area (Å²) in [5.74, 6) is 1.32. The zero-order chi connectivity index (χ0) is 14.1. The van der Waals surface area contributed by atoms with Crippen molar-refractivity contribution in [3.8, 4) is 5.75 Å². The number of hydrogen-bond acceptors (Lipinski definition) is 4. The van der Waals surface area contributed by atoms with E-state index in [1.54, 1.807) is 37.6 Å². The molecule has 19 heavy (non-hydrogen) atoms. The molecule has 1 atom stereocenters. The van der Waals surface area contributed by atoms with Crippen LogP contribution < -0.4 is 15.4 Å². The van der Waals surface area contributed by atoms with E-state index in [2.05, 4.69) is 10.6 Å². The molecule has 0 aliphatic rings. The van der Waals surface area contributed by atoms with Crippen LogP contribution in [-0.4, -0.2) is 42.3 Å². The Morgan fingerprint density at radius 2 is 2.00 bits per heavy atom. The minimum Gasteiger partial charge on any atom is -0.497 e. The van der Waals surface area contributed by atoms with Crippen LogP contribution in [0.5, 0.6) is 5.75 Å². The quantitative estimate of drug-likeness (QED) is 0.699. The molecular weight excluding hydrogens is 264 g/mol. The Balaban J connectivity index is 2.21. The summed E-state index contributed by atoms with van der Waals surface area (Å²) >= 11 is 0. The second-order valence-electron chi connectivity index (χ2n) is 4.08. The van der Waals surface area contributed by atoms with Crippen molar-refractivity contribution in [2.45, 2.75) is 6.42 Å². The molecule has 106 valence electrons. The van der Waals surface area contributed by atoms with Crippen molar-refractivity contribution in [2.75, 3.05) is 37.5 Å². The van der Waals surface area contributed by atoms with E-state index in [-0.39, 0.29) is 12.5 Å². The van der Waals surface area contributed by atoms with Gasteiger partial charge in [-0.3, -0.25) is 9.00 Å². The highest BCUT2D eigenvalue weighted by Crippen LogP contribution is 2.14. The molecule has 0 aliphatic heterocycles. The summed E-state index contributed by atoms with van der Waals surface area (Å²) in [6.45, 7) is 0.942. The van der Waals surface area contributed by atoms with Crippen LogP contribution >= 0.6 is 0 Å². The van der Waals surface area contributed by atoms with Gasteiger partial charge in [0.15, 0.2) is 0 Å². The lowest BCUT2D eigenvalue weighted by Gasteiger charge is -2.07. The average Bonchev–Trinajstić information content (AvgIpc) is 2.39. The minimum atomic E-state index is -0.767. The summed E-state index contributed by atoms with van der Waals surface area (Å²) in [6, 6.07) is 7.16. The van der Waals surface area contributed by atoms with Gasteiger partial charge in [-0.15, -0.1) is 0 Å². The van der Waals surface area contributed by atoms with Crippen LogP contribution in [0.4, 0.5) is 5.69 Å². The van der Waals surface area contributed by atoms with Gasteiger partial charge < -0.3 is 15.4 Å². The Kier molecular flexibility index (Phi) is 7.14. The first-order valence-corrected chi connectivity index (χ1v) is 7.79. The number of hydrogen-bond donors (Lipinski definition) is 2. The molecule has 0 aromatic heterocycles. The van der Waals surface area contributed by atoms with Gasteiger partial charge in [-0.05, 0) is 37.2 Å². The lowest BCUT2D eigenvalue weighted by molar-refractivity contribution is -0.115. The standard InChI is InChI=1S/C13H20N2O3S/c1-18-12-6-4-11(5-7-12)15-13(16)10-14-8-3-9-19(2)17/h4-7,14H,3,8-10H2,1-2H3,(H,15,16). The fourth-order valence-corrected chi connectivity index (χ4v) is 2.03. The maximum atomic E-state index is 11.6. The third-order valence-electron chi connectivity index (χ3n) is 2.44. The van der Waals surface area contributed by atoms with E-state index in [4.69, 9.17) is 4.74 Å². The van der Waals surface area contributed by atoms with Gasteiger partial charge >= 0.3 is 0 Å². The average molecular weight is 284 g/mol. The predicted molar refractivity (Wildman–Crippen MR) is 78.0 cm³/mol. The topological polar surface area (TPSA) is 67.4 Å². The van der Waals surface area contributed by atoms with E-state index in [1.165, 1.54) is 0 Å². The maximum absolute atomic E-state index is 11.6. The molecule has 0 spiro atoms. The molecule has 0 radical (unpaired) electrons. The number of methoxy groups -OCH3 is 1. The van der Waals surface area contributed by atoms with Crippen LogP contribution in [-0.2, 0) is 15.6 Å². The van der Waals surface area contributed by atoms with Crippen LogP contribution in [0.3, 0.4) is 0 Å². The summed E-state index contributed by atoms with van der Waals surface area (Å²) in [4.78, 5) is 11.6. The van der Waals surface area contributed by atoms with Crippen molar-refractivity contribution < 1.29 is 13.7 Å². The van der Waals surface area contributed by atoms with Gasteiger partial charge in [0.1, 0.15) is 5.75 Å². The van der Waals surface area contributed by atoms with Gasteiger partial charge in [0, 0.05) is 28.5 Å². The van der Waals surface area contributed by atoms with Crippen molar-refractivity contribution in [3.63, 3.8) is 0 Å². The van der Waals surface area contributed by atoms with E-state index in [0.717, 1.165) is 17.9 Å². The zero-order valence-corrected chi connectivity index (χ0v) is 12.1. The molecule has 2 N–H and O–H groups in total. The fourth-order valence-electron chi connectivity index (χ4n) is 1.48. The second kappa shape index (κ2) is 8.66. The van der Waals surface area contributed by atoms with Gasteiger partial charge in [0.25, 0.3) is 0 Å². The monoisotopic (exact) mass is 284 g/mol. The number of benzene rings is 1. The number of amides is 1. The van der Waals surface area contributed by atoms with E-state index in [9.17, 15) is 9.00 Å². The zero-order valence-electron chi connectivity index (χ0n) is 11.3. The number of rotatable bonds is 8. The number of ether oxygens (including phenoxy) is 1. The first kappa shape index (κ1) is 15.7. The SMILES string of the molecule is COc1ccc(NC(=O)CNCCCS(C)=O)cc1. The van der Waals surface area contributed by atoms with Gasteiger partial charge in [-0.25, -0.2) is 0 Å². The van der Waals surface area contributed by atoms with E-state index in [1.807, 2.05) is 0 Å². The Morgan fingerprint density at radius 3 is 2.58 bits per heavy atom. The van der Waals surface area contributed by atoms with Crippen LogP contribution in [0, 0.1) is 0 Å². The molecule has 0 fully saturated rings. The largest absolute Gasteiger partial charge is 0.497 e. The van der Waals surface area contributed by atoms with Crippen molar-refractivity contribution in [1.82, 2.24) is 5.32 Å². The summed E-state index contributed by atoms with van der Waals surface area (Å²) in [5.41, 5.74) is 0.738. The van der Waals surface area contributed by atoms with Crippen LogP contribution in [0.25, 0.3) is 0 Å². The molecule has 1 aromatic carbocycles. The Bertz CT molecular complexity index is 420. The Labute approximate surface area is 116 Å². The van der Waals surface area contributed by atoms with Crippen molar-refractivity contribution in [1.29, 1.82) is 0 Å². The van der Waals surface area contributed by atoms with E-state index < -0.39 is 10.8 Å². The molecule has 1 rings (SSSR count). The molecule has 0 saturated heterocycles. The van der Waals surface area contributed by atoms with Gasteiger partial charge in [-0.1, -0.05) is 0 Å². The highest BCUT2D eigenvalue weighted by molar-refractivity contribution is 7.84. The highest BCUT2D eigenvalue weighted by Gasteiger charge is 2.02. The smallest absolute Gasteiger partial charge is 0.238 e. The number of carbonyl (C=O) groups is 1. The summed E-state index contributed by atoms with van der Waals surface area (Å²) in [7, 11) is 0.831. The number of anilines is 1. The lowest BCUT2D eigenvalue weighted by atomic mass is 10.3. The summed E-state index contributed by atoms with van der Waals surface area (Å²) in [6.07, 6.45) is 2.48. The normalized spacial score (nSPS) is 11.9. The molecule has 1 amide bonds. The summed E-state index contributed by atoms with van der Waals surface area (Å²) in [5, 5.41) is 5.79. The highest BCUT2D eigenvalue weighted by atomic mass is 32.2. The van der Waals surface area contributed by atoms with Crippen LogP contribution in [0.15, 0.2) is 24.3 Å². The number of nitrogens with one attached hydrogen (secondary N) is 2. The maximum Gasteiger partial charge on any atom is 0.238 e. The lowest BCUT2D eigenvalue weighted by Crippen LogP contribution is -2.29. The van der Waals surface area contributed by atoms with Crippen molar-refractivity contribution >= 4 is 22.4 Å². The summed E-state index contributed by atoms with van der Waals surface area (Å²) < 4.78 is 15.9. The second-order valence-corrected chi connectivity index (χ2v) is 5.64. The van der Waals surface area contributed by atoms with Crippen molar-refractivity contribution in [3.05, 3.63) is 24.3 Å². The van der Waals surface area contributed by atoms with E-state index >= 15 is 0 Å². The van der Waals surface area contributed by atoms with E-state index in [0.29, 0.717) is 12.3 Å². The molecule has 0 bridgehead atoms. The van der Waals surface area contributed by atoms with Gasteiger partial charge in [0.2, 0.25) is 5.91 Å². The third kappa shape index (κ3) is 6.93. The first-order chi connectivity index (χ1) is 9.11. The first-order valence-electron chi connectivity index (χ1n) is 6.06. The van der Waals surface area contributed by atoms with Crippen molar-refractivity contribution in [2.24, 2.45) is 0 Å². The minimum absolute atomic E-state index is 0.0946. The molecule has 0 aliphatic carbocycles. The molecule has 0 saturated carbocycles. The van der Waals surface area contributed by atoms with Crippen LogP contribution in [0.1, 0.15) is 6.42 Å². The molecule has 5 nitrogen and oxygen atoms in total. The Morgan fingerprint density at radius 1 is 1.32 bits per heavy atom. The molecule has 1 unspecified atom stereocenters. The van der Waals surface area contributed by atoms with Gasteiger partial charge in [-0.2, -0.15) is 0 Å². The fraction of sp³-hybridized carbons (Fsp3) is 0.462. The predicted octanol–water partition coefficient (Wildman–Crippen LogP) is 0.992. The number of carbonyl (C=O) groups excluding carboxylic acids is 1. The molecule has 6 heteroatoms.